The molecule has 2 fully saturated rings. The summed E-state index contributed by atoms with van der Waals surface area (Å²) in [5, 5.41) is 0. The molecule has 0 aromatic rings. The molecular weight excluding hydrogens is 200 g/mol. The van der Waals surface area contributed by atoms with Crippen molar-refractivity contribution in [2.45, 2.75) is 32.7 Å². The fourth-order valence-corrected chi connectivity index (χ4v) is 3.09. The van der Waals surface area contributed by atoms with Crippen LogP contribution in [0.5, 0.6) is 0 Å². The number of nitrogens with zero attached hydrogens (tertiary/aromatic N) is 1. The molecule has 3 unspecified atom stereocenters. The molecule has 1 aliphatic heterocycles. The molecule has 1 heterocycles. The predicted octanol–water partition coefficient (Wildman–Crippen LogP) is 1.33. The lowest BCUT2D eigenvalue weighted by Crippen LogP contribution is -2.31. The molecule has 2 N–H and O–H groups in total. The number of ether oxygens (including phenoxy) is 1. The zero-order chi connectivity index (χ0) is 11.5. The second-order valence-electron chi connectivity index (χ2n) is 5.89. The molecule has 1 saturated carbocycles. The van der Waals surface area contributed by atoms with Crippen LogP contribution in [0, 0.1) is 17.8 Å². The Kier molecular flexibility index (Phi) is 4.22. The van der Waals surface area contributed by atoms with E-state index in [-0.39, 0.29) is 0 Å². The molecule has 3 nitrogen and oxygen atoms in total. The lowest BCUT2D eigenvalue weighted by Gasteiger charge is -2.18. The lowest BCUT2D eigenvalue weighted by atomic mass is 9.98. The zero-order valence-electron chi connectivity index (χ0n) is 10.7. The smallest absolute Gasteiger partial charge is 0.0593 e. The number of hydrogen-bond acceptors (Lipinski definition) is 3. The van der Waals surface area contributed by atoms with Gasteiger partial charge in [0.05, 0.1) is 6.61 Å². The normalized spacial score (nSPS) is 34.9. The number of fused-ring (bicyclic) bond motifs is 1. The molecular formula is C13H26N2O. The van der Waals surface area contributed by atoms with Crippen molar-refractivity contribution in [1.29, 1.82) is 0 Å². The van der Waals surface area contributed by atoms with E-state index in [4.69, 9.17) is 10.5 Å². The molecule has 1 aliphatic carbocycles. The van der Waals surface area contributed by atoms with Gasteiger partial charge in [-0.15, -0.1) is 0 Å². The second-order valence-corrected chi connectivity index (χ2v) is 5.89. The molecule has 0 spiro atoms. The molecule has 0 radical (unpaired) electrons. The third-order valence-electron chi connectivity index (χ3n) is 3.99. The molecule has 3 atom stereocenters. The Morgan fingerprint density at radius 2 is 2.12 bits per heavy atom. The van der Waals surface area contributed by atoms with E-state index in [0.717, 1.165) is 31.6 Å². The van der Waals surface area contributed by atoms with Crippen LogP contribution in [-0.4, -0.2) is 43.8 Å². The van der Waals surface area contributed by atoms with Crippen molar-refractivity contribution in [2.75, 3.05) is 32.8 Å². The van der Waals surface area contributed by atoms with E-state index in [1.807, 2.05) is 0 Å². The second kappa shape index (κ2) is 5.48. The summed E-state index contributed by atoms with van der Waals surface area (Å²) in [4.78, 5) is 2.54. The van der Waals surface area contributed by atoms with E-state index in [1.54, 1.807) is 0 Å². The fraction of sp³-hybridized carbons (Fsp3) is 1.00. The van der Waals surface area contributed by atoms with E-state index in [1.165, 1.54) is 25.9 Å². The first kappa shape index (κ1) is 12.3. The molecule has 2 rings (SSSR count). The van der Waals surface area contributed by atoms with Gasteiger partial charge in [-0.2, -0.15) is 0 Å². The Bertz CT molecular complexity index is 220. The van der Waals surface area contributed by atoms with E-state index in [0.29, 0.717) is 12.0 Å². The summed E-state index contributed by atoms with van der Waals surface area (Å²) in [6.07, 6.45) is 2.59. The maximum atomic E-state index is 6.12. The first-order chi connectivity index (χ1) is 7.66. The number of nitrogens with two attached hydrogens (primary N) is 1. The van der Waals surface area contributed by atoms with Crippen molar-refractivity contribution >= 4 is 0 Å². The number of rotatable bonds is 5. The highest BCUT2D eigenvalue weighted by Gasteiger charge is 2.40. The van der Waals surface area contributed by atoms with Gasteiger partial charge < -0.3 is 15.4 Å². The van der Waals surface area contributed by atoms with Gasteiger partial charge in [-0.1, -0.05) is 13.8 Å². The van der Waals surface area contributed by atoms with Crippen LogP contribution in [0.4, 0.5) is 0 Å². The van der Waals surface area contributed by atoms with Crippen LogP contribution in [0.2, 0.25) is 0 Å². The summed E-state index contributed by atoms with van der Waals surface area (Å²) in [5.74, 6) is 2.29. The average molecular weight is 226 g/mol. The molecule has 2 aliphatic rings. The Morgan fingerprint density at radius 3 is 2.81 bits per heavy atom. The number of likely N-dealkylation sites (tertiary alicyclic amines) is 1. The third-order valence-corrected chi connectivity index (χ3v) is 3.99. The van der Waals surface area contributed by atoms with Crippen molar-refractivity contribution < 1.29 is 4.74 Å². The van der Waals surface area contributed by atoms with E-state index in [2.05, 4.69) is 18.7 Å². The Hall–Kier alpha value is -0.120. The number of hydrogen-bond donors (Lipinski definition) is 1. The van der Waals surface area contributed by atoms with Gasteiger partial charge in [0.15, 0.2) is 0 Å². The molecule has 0 aromatic carbocycles. The van der Waals surface area contributed by atoms with Gasteiger partial charge in [0.2, 0.25) is 0 Å². The lowest BCUT2D eigenvalue weighted by molar-refractivity contribution is 0.0891. The minimum Gasteiger partial charge on any atom is -0.380 e. The molecule has 16 heavy (non-hydrogen) atoms. The van der Waals surface area contributed by atoms with Gasteiger partial charge in [0.25, 0.3) is 0 Å². The Labute approximate surface area is 99.3 Å². The van der Waals surface area contributed by atoms with Gasteiger partial charge >= 0.3 is 0 Å². The molecule has 1 saturated heterocycles. The minimum absolute atomic E-state index is 0.464. The van der Waals surface area contributed by atoms with E-state index in [9.17, 15) is 0 Å². The van der Waals surface area contributed by atoms with Crippen LogP contribution < -0.4 is 5.73 Å². The van der Waals surface area contributed by atoms with Gasteiger partial charge in [-0.05, 0) is 30.6 Å². The molecule has 3 heteroatoms. The summed E-state index contributed by atoms with van der Waals surface area (Å²) in [7, 11) is 0. The first-order valence-electron chi connectivity index (χ1n) is 6.72. The highest BCUT2D eigenvalue weighted by molar-refractivity contribution is 4.95. The molecule has 94 valence electrons. The fourth-order valence-electron chi connectivity index (χ4n) is 3.09. The van der Waals surface area contributed by atoms with Crippen molar-refractivity contribution in [1.82, 2.24) is 4.90 Å². The summed E-state index contributed by atoms with van der Waals surface area (Å²) in [6.45, 7) is 9.71. The van der Waals surface area contributed by atoms with Crippen molar-refractivity contribution in [3.63, 3.8) is 0 Å². The predicted molar refractivity (Wildman–Crippen MR) is 66.3 cm³/mol. The van der Waals surface area contributed by atoms with E-state index < -0.39 is 0 Å². The van der Waals surface area contributed by atoms with Gasteiger partial charge in [0.1, 0.15) is 0 Å². The van der Waals surface area contributed by atoms with Crippen molar-refractivity contribution in [2.24, 2.45) is 23.5 Å². The minimum atomic E-state index is 0.464. The SMILES string of the molecule is CC(C)COCCN1CC2CCC(N)C2C1. The summed E-state index contributed by atoms with van der Waals surface area (Å²) in [5.41, 5.74) is 6.12. The van der Waals surface area contributed by atoms with Gasteiger partial charge in [-0.25, -0.2) is 0 Å². The summed E-state index contributed by atoms with van der Waals surface area (Å²) < 4.78 is 5.63. The zero-order valence-corrected chi connectivity index (χ0v) is 10.7. The van der Waals surface area contributed by atoms with Crippen LogP contribution in [0.15, 0.2) is 0 Å². The summed E-state index contributed by atoms with van der Waals surface area (Å²) in [6, 6.07) is 0.464. The highest BCUT2D eigenvalue weighted by Crippen LogP contribution is 2.36. The highest BCUT2D eigenvalue weighted by atomic mass is 16.5. The average Bonchev–Trinajstić information content (AvgIpc) is 2.76. The van der Waals surface area contributed by atoms with Crippen LogP contribution in [-0.2, 0) is 4.74 Å². The Morgan fingerprint density at radius 1 is 1.31 bits per heavy atom. The van der Waals surface area contributed by atoms with Crippen LogP contribution in [0.1, 0.15) is 26.7 Å². The summed E-state index contributed by atoms with van der Waals surface area (Å²) >= 11 is 0. The first-order valence-corrected chi connectivity index (χ1v) is 6.72. The third kappa shape index (κ3) is 2.96. The Balaban J connectivity index is 1.62. The molecule has 0 aromatic heterocycles. The topological polar surface area (TPSA) is 38.5 Å². The quantitative estimate of drug-likeness (QED) is 0.719. The largest absolute Gasteiger partial charge is 0.380 e. The maximum absolute atomic E-state index is 6.12. The van der Waals surface area contributed by atoms with Crippen molar-refractivity contribution in [3.8, 4) is 0 Å². The maximum Gasteiger partial charge on any atom is 0.0593 e. The van der Waals surface area contributed by atoms with Crippen LogP contribution >= 0.6 is 0 Å². The molecule has 0 amide bonds. The standard InChI is InChI=1S/C13H26N2O/c1-10(2)9-16-6-5-15-7-11-3-4-13(14)12(11)8-15/h10-13H,3-9,14H2,1-2H3. The van der Waals surface area contributed by atoms with Crippen LogP contribution in [0.25, 0.3) is 0 Å². The monoisotopic (exact) mass is 226 g/mol. The van der Waals surface area contributed by atoms with Crippen molar-refractivity contribution in [3.05, 3.63) is 0 Å². The van der Waals surface area contributed by atoms with E-state index >= 15 is 0 Å². The van der Waals surface area contributed by atoms with Gasteiger partial charge in [-0.3, -0.25) is 0 Å². The van der Waals surface area contributed by atoms with Crippen LogP contribution in [0.3, 0.4) is 0 Å². The molecule has 0 bridgehead atoms. The van der Waals surface area contributed by atoms with Gasteiger partial charge in [0, 0.05) is 32.3 Å².